The van der Waals surface area contributed by atoms with Gasteiger partial charge in [0.25, 0.3) is 0 Å². The highest BCUT2D eigenvalue weighted by Crippen LogP contribution is 2.09. The van der Waals surface area contributed by atoms with E-state index < -0.39 is 0 Å². The van der Waals surface area contributed by atoms with Crippen LogP contribution in [0.3, 0.4) is 0 Å². The van der Waals surface area contributed by atoms with Crippen molar-refractivity contribution in [2.45, 2.75) is 19.8 Å². The average molecular weight is 215 g/mol. The molecule has 2 aromatic rings. The van der Waals surface area contributed by atoms with Crippen molar-refractivity contribution in [1.29, 1.82) is 0 Å². The van der Waals surface area contributed by atoms with Crippen LogP contribution in [0, 0.1) is 0 Å². The van der Waals surface area contributed by atoms with Crippen LogP contribution in [0.1, 0.15) is 24.1 Å². The number of hydrogen-bond acceptors (Lipinski definition) is 3. The lowest BCUT2D eigenvalue weighted by molar-refractivity contribution is -0.116. The first-order valence-corrected chi connectivity index (χ1v) is 5.20. The predicted octanol–water partition coefficient (Wildman–Crippen LogP) is 2.40. The molecule has 0 radical (unpaired) electrons. The van der Waals surface area contributed by atoms with Gasteiger partial charge in [-0.2, -0.15) is 0 Å². The van der Waals surface area contributed by atoms with Crippen molar-refractivity contribution in [2.24, 2.45) is 0 Å². The standard InChI is InChI=1S/C13H13NO2/c1-10(15)7-12-9-16-13(14-12)8-11-5-3-2-4-6-11/h2-6,9H,7-8H2,1H3. The SMILES string of the molecule is CC(=O)Cc1coc(Cc2ccccc2)n1. The third-order valence-electron chi connectivity index (χ3n) is 2.23. The summed E-state index contributed by atoms with van der Waals surface area (Å²) in [7, 11) is 0. The van der Waals surface area contributed by atoms with Crippen LogP contribution in [0.25, 0.3) is 0 Å². The van der Waals surface area contributed by atoms with Crippen molar-refractivity contribution in [3.8, 4) is 0 Å². The maximum atomic E-state index is 10.9. The van der Waals surface area contributed by atoms with Gasteiger partial charge in [-0.15, -0.1) is 0 Å². The zero-order valence-corrected chi connectivity index (χ0v) is 9.14. The van der Waals surface area contributed by atoms with Gasteiger partial charge in [0.05, 0.1) is 12.1 Å². The summed E-state index contributed by atoms with van der Waals surface area (Å²) < 4.78 is 5.31. The van der Waals surface area contributed by atoms with Crippen molar-refractivity contribution in [3.05, 3.63) is 53.7 Å². The topological polar surface area (TPSA) is 43.1 Å². The average Bonchev–Trinajstić information content (AvgIpc) is 2.66. The molecule has 2 rings (SSSR count). The Bertz CT molecular complexity index is 474. The minimum atomic E-state index is 0.0968. The van der Waals surface area contributed by atoms with Gasteiger partial charge in [0.15, 0.2) is 5.89 Å². The summed E-state index contributed by atoms with van der Waals surface area (Å²) in [6.45, 7) is 1.55. The predicted molar refractivity (Wildman–Crippen MR) is 60.1 cm³/mol. The zero-order valence-electron chi connectivity index (χ0n) is 9.14. The quantitative estimate of drug-likeness (QED) is 0.786. The Morgan fingerprint density at radius 1 is 1.31 bits per heavy atom. The smallest absolute Gasteiger partial charge is 0.198 e. The lowest BCUT2D eigenvalue weighted by Crippen LogP contribution is -1.97. The van der Waals surface area contributed by atoms with Crippen LogP contribution >= 0.6 is 0 Å². The van der Waals surface area contributed by atoms with E-state index in [9.17, 15) is 4.79 Å². The second-order valence-electron chi connectivity index (χ2n) is 3.77. The van der Waals surface area contributed by atoms with Crippen molar-refractivity contribution in [1.82, 2.24) is 4.98 Å². The first-order chi connectivity index (χ1) is 7.74. The normalized spacial score (nSPS) is 10.3. The molecule has 0 aliphatic carbocycles. The molecule has 3 nitrogen and oxygen atoms in total. The van der Waals surface area contributed by atoms with Crippen LogP contribution in [0.5, 0.6) is 0 Å². The molecular weight excluding hydrogens is 202 g/mol. The Balaban J connectivity index is 2.06. The summed E-state index contributed by atoms with van der Waals surface area (Å²) in [5, 5.41) is 0. The molecule has 0 saturated heterocycles. The molecule has 0 spiro atoms. The number of hydrogen-bond donors (Lipinski definition) is 0. The van der Waals surface area contributed by atoms with Crippen LogP contribution in [-0.4, -0.2) is 10.8 Å². The fraction of sp³-hybridized carbons (Fsp3) is 0.231. The minimum Gasteiger partial charge on any atom is -0.448 e. The van der Waals surface area contributed by atoms with Gasteiger partial charge in [-0.3, -0.25) is 4.79 Å². The summed E-state index contributed by atoms with van der Waals surface area (Å²) in [6, 6.07) is 9.98. The molecular formula is C13H13NO2. The van der Waals surface area contributed by atoms with Gasteiger partial charge < -0.3 is 4.42 Å². The molecule has 16 heavy (non-hydrogen) atoms. The Labute approximate surface area is 94.1 Å². The molecule has 0 unspecified atom stereocenters. The molecule has 3 heteroatoms. The van der Waals surface area contributed by atoms with Gasteiger partial charge in [0.1, 0.15) is 12.0 Å². The highest BCUT2D eigenvalue weighted by atomic mass is 16.3. The number of rotatable bonds is 4. The third kappa shape index (κ3) is 2.79. The molecule has 0 aliphatic heterocycles. The number of carbonyl (C=O) groups excluding carboxylic acids is 1. The number of oxazole rings is 1. The molecule has 0 bridgehead atoms. The van der Waals surface area contributed by atoms with Crippen LogP contribution in [0.2, 0.25) is 0 Å². The van der Waals surface area contributed by atoms with Gasteiger partial charge in [-0.05, 0) is 12.5 Å². The van der Waals surface area contributed by atoms with E-state index in [-0.39, 0.29) is 5.78 Å². The molecule has 0 saturated carbocycles. The number of carbonyl (C=O) groups is 1. The van der Waals surface area contributed by atoms with Crippen LogP contribution in [0.15, 0.2) is 41.0 Å². The summed E-state index contributed by atoms with van der Waals surface area (Å²) in [5.74, 6) is 0.752. The number of nitrogens with zero attached hydrogens (tertiary/aromatic N) is 1. The fourth-order valence-electron chi connectivity index (χ4n) is 1.54. The van der Waals surface area contributed by atoms with E-state index >= 15 is 0 Å². The lowest BCUT2D eigenvalue weighted by Gasteiger charge is -1.95. The number of benzene rings is 1. The Morgan fingerprint density at radius 2 is 2.06 bits per heavy atom. The first kappa shape index (κ1) is 10.6. The van der Waals surface area contributed by atoms with Crippen molar-refractivity contribution in [3.63, 3.8) is 0 Å². The minimum absolute atomic E-state index is 0.0968. The van der Waals surface area contributed by atoms with E-state index in [0.717, 1.165) is 5.56 Å². The number of Topliss-reactive ketones (excluding diaryl/α,β-unsaturated/α-hetero) is 1. The van der Waals surface area contributed by atoms with E-state index in [4.69, 9.17) is 4.42 Å². The Hall–Kier alpha value is -1.90. The highest BCUT2D eigenvalue weighted by Gasteiger charge is 2.06. The second-order valence-corrected chi connectivity index (χ2v) is 3.77. The summed E-state index contributed by atoms with van der Waals surface area (Å²) >= 11 is 0. The van der Waals surface area contributed by atoms with Gasteiger partial charge in [-0.1, -0.05) is 30.3 Å². The van der Waals surface area contributed by atoms with Gasteiger partial charge >= 0.3 is 0 Å². The largest absolute Gasteiger partial charge is 0.448 e. The molecule has 1 aromatic heterocycles. The Kier molecular flexibility index (Phi) is 3.15. The van der Waals surface area contributed by atoms with E-state index in [1.807, 2.05) is 30.3 Å². The molecule has 82 valence electrons. The molecule has 0 N–H and O–H groups in total. The van der Waals surface area contributed by atoms with Gasteiger partial charge in [0.2, 0.25) is 0 Å². The maximum absolute atomic E-state index is 10.9. The van der Waals surface area contributed by atoms with E-state index in [0.29, 0.717) is 24.4 Å². The number of ketones is 1. The van der Waals surface area contributed by atoms with E-state index in [2.05, 4.69) is 4.98 Å². The second kappa shape index (κ2) is 4.75. The van der Waals surface area contributed by atoms with Crippen molar-refractivity contribution < 1.29 is 9.21 Å². The summed E-state index contributed by atoms with van der Waals surface area (Å²) in [4.78, 5) is 15.2. The summed E-state index contributed by atoms with van der Waals surface area (Å²) in [6.07, 6.45) is 2.57. The van der Waals surface area contributed by atoms with Crippen molar-refractivity contribution >= 4 is 5.78 Å². The van der Waals surface area contributed by atoms with Gasteiger partial charge in [-0.25, -0.2) is 4.98 Å². The molecule has 0 atom stereocenters. The van der Waals surface area contributed by atoms with Crippen LogP contribution < -0.4 is 0 Å². The van der Waals surface area contributed by atoms with Crippen LogP contribution in [-0.2, 0) is 17.6 Å². The van der Waals surface area contributed by atoms with E-state index in [1.54, 1.807) is 13.2 Å². The Morgan fingerprint density at radius 3 is 2.75 bits per heavy atom. The molecule has 0 aliphatic rings. The lowest BCUT2D eigenvalue weighted by atomic mass is 10.1. The van der Waals surface area contributed by atoms with Crippen molar-refractivity contribution in [2.75, 3.05) is 0 Å². The highest BCUT2D eigenvalue weighted by molar-refractivity contribution is 5.77. The van der Waals surface area contributed by atoms with E-state index in [1.165, 1.54) is 0 Å². The number of aromatic nitrogens is 1. The fourth-order valence-corrected chi connectivity index (χ4v) is 1.54. The van der Waals surface area contributed by atoms with Gasteiger partial charge in [0, 0.05) is 6.42 Å². The molecule has 1 heterocycles. The van der Waals surface area contributed by atoms with Crippen LogP contribution in [0.4, 0.5) is 0 Å². The molecule has 0 amide bonds. The first-order valence-electron chi connectivity index (χ1n) is 5.20. The summed E-state index contributed by atoms with van der Waals surface area (Å²) in [5.41, 5.74) is 1.86. The molecule has 1 aromatic carbocycles. The molecule has 0 fully saturated rings. The maximum Gasteiger partial charge on any atom is 0.198 e. The zero-order chi connectivity index (χ0) is 11.4. The third-order valence-corrected chi connectivity index (χ3v) is 2.23. The monoisotopic (exact) mass is 215 g/mol.